The van der Waals surface area contributed by atoms with Crippen molar-refractivity contribution >= 4 is 0 Å². The summed E-state index contributed by atoms with van der Waals surface area (Å²) in [6.07, 6.45) is 1.20. The molecule has 0 aliphatic carbocycles. The van der Waals surface area contributed by atoms with Gasteiger partial charge in [0.2, 0.25) is 0 Å². The lowest BCUT2D eigenvalue weighted by atomic mass is 9.90. The Bertz CT molecular complexity index is 353. The summed E-state index contributed by atoms with van der Waals surface area (Å²) < 4.78 is 0. The van der Waals surface area contributed by atoms with E-state index in [2.05, 4.69) is 13.0 Å². The number of aliphatic hydroxyl groups is 1. The Kier molecular flexibility index (Phi) is 4.97. The van der Waals surface area contributed by atoms with Gasteiger partial charge in [-0.3, -0.25) is 0 Å². The van der Waals surface area contributed by atoms with Gasteiger partial charge in [-0.25, -0.2) is 0 Å². The summed E-state index contributed by atoms with van der Waals surface area (Å²) in [6.45, 7) is 2.39. The average Bonchev–Trinajstić information content (AvgIpc) is 2.35. The van der Waals surface area contributed by atoms with Crippen LogP contribution in [0.15, 0.2) is 24.3 Å². The lowest BCUT2D eigenvalue weighted by molar-refractivity contribution is 0.162. The molecule has 0 saturated carbocycles. The maximum atomic E-state index is 9.54. The molecule has 2 atom stereocenters. The molecule has 0 radical (unpaired) electrons. The van der Waals surface area contributed by atoms with Gasteiger partial charge < -0.3 is 10.8 Å². The molecule has 0 spiro atoms. The second kappa shape index (κ2) is 6.26. The van der Waals surface area contributed by atoms with E-state index in [1.54, 1.807) is 0 Å². The van der Waals surface area contributed by atoms with Crippen molar-refractivity contribution in [3.63, 3.8) is 0 Å². The molecule has 0 aliphatic heterocycles. The molecule has 86 valence electrons. The first-order chi connectivity index (χ1) is 7.71. The molecule has 3 N–H and O–H groups in total. The van der Waals surface area contributed by atoms with Gasteiger partial charge in [-0.05, 0) is 36.5 Å². The summed E-state index contributed by atoms with van der Waals surface area (Å²) >= 11 is 0. The second-order valence-electron chi connectivity index (χ2n) is 3.96. The number of benzene rings is 1. The molecule has 3 heteroatoms. The first kappa shape index (κ1) is 12.7. The van der Waals surface area contributed by atoms with E-state index in [-0.39, 0.29) is 0 Å². The van der Waals surface area contributed by atoms with Crippen LogP contribution in [0.25, 0.3) is 0 Å². The van der Waals surface area contributed by atoms with Gasteiger partial charge in [0.05, 0.1) is 17.7 Å². The summed E-state index contributed by atoms with van der Waals surface area (Å²) in [6, 6.07) is 9.63. The number of nitrogens with two attached hydrogens (primary N) is 1. The molecule has 1 aromatic rings. The largest absolute Gasteiger partial charge is 0.392 e. The minimum absolute atomic E-state index is 0.298. The number of hydrogen-bond acceptors (Lipinski definition) is 3. The van der Waals surface area contributed by atoms with E-state index in [1.165, 1.54) is 0 Å². The maximum absolute atomic E-state index is 9.54. The fourth-order valence-electron chi connectivity index (χ4n) is 1.79. The van der Waals surface area contributed by atoms with Crippen LogP contribution in [0.4, 0.5) is 0 Å². The molecule has 2 unspecified atom stereocenters. The van der Waals surface area contributed by atoms with Crippen molar-refractivity contribution in [2.24, 2.45) is 5.73 Å². The van der Waals surface area contributed by atoms with E-state index in [4.69, 9.17) is 11.0 Å². The average molecular weight is 218 g/mol. The van der Waals surface area contributed by atoms with Crippen LogP contribution in [0.5, 0.6) is 0 Å². The minimum atomic E-state index is -0.444. The van der Waals surface area contributed by atoms with Crippen molar-refractivity contribution < 1.29 is 5.11 Å². The molecule has 0 aromatic heterocycles. The third kappa shape index (κ3) is 3.34. The van der Waals surface area contributed by atoms with Crippen LogP contribution >= 0.6 is 0 Å². The molecular weight excluding hydrogens is 200 g/mol. The maximum Gasteiger partial charge on any atom is 0.0991 e. The smallest absolute Gasteiger partial charge is 0.0991 e. The lowest BCUT2D eigenvalue weighted by Crippen LogP contribution is -2.22. The van der Waals surface area contributed by atoms with Crippen molar-refractivity contribution in [3.8, 4) is 6.07 Å². The zero-order valence-corrected chi connectivity index (χ0v) is 9.56. The molecule has 0 fully saturated rings. The topological polar surface area (TPSA) is 70.0 Å². The highest BCUT2D eigenvalue weighted by molar-refractivity contribution is 5.33. The number of rotatable bonds is 5. The van der Waals surface area contributed by atoms with Crippen molar-refractivity contribution in [2.75, 3.05) is 6.54 Å². The summed E-state index contributed by atoms with van der Waals surface area (Å²) in [4.78, 5) is 0. The Morgan fingerprint density at radius 1 is 1.38 bits per heavy atom. The van der Waals surface area contributed by atoms with Gasteiger partial charge in [0.25, 0.3) is 0 Å². The molecule has 0 bridgehead atoms. The van der Waals surface area contributed by atoms with Crippen molar-refractivity contribution in [2.45, 2.75) is 31.8 Å². The van der Waals surface area contributed by atoms with E-state index < -0.39 is 6.10 Å². The van der Waals surface area contributed by atoms with Crippen LogP contribution in [0.3, 0.4) is 0 Å². The van der Waals surface area contributed by atoms with Gasteiger partial charge in [-0.2, -0.15) is 5.26 Å². The highest BCUT2D eigenvalue weighted by Crippen LogP contribution is 2.24. The van der Waals surface area contributed by atoms with Crippen LogP contribution in [-0.4, -0.2) is 17.8 Å². The number of nitriles is 1. The van der Waals surface area contributed by atoms with E-state index in [1.807, 2.05) is 24.3 Å². The lowest BCUT2D eigenvalue weighted by Gasteiger charge is -2.18. The molecule has 16 heavy (non-hydrogen) atoms. The normalized spacial score (nSPS) is 14.1. The monoisotopic (exact) mass is 218 g/mol. The summed E-state index contributed by atoms with van der Waals surface area (Å²) in [5.41, 5.74) is 7.23. The molecule has 3 nitrogen and oxygen atoms in total. The van der Waals surface area contributed by atoms with Crippen molar-refractivity contribution in [3.05, 3.63) is 35.4 Å². The third-order valence-electron chi connectivity index (χ3n) is 2.83. The highest BCUT2D eigenvalue weighted by Gasteiger charge is 2.13. The van der Waals surface area contributed by atoms with Gasteiger partial charge >= 0.3 is 0 Å². The second-order valence-corrected chi connectivity index (χ2v) is 3.96. The zero-order valence-electron chi connectivity index (χ0n) is 9.56. The Hall–Kier alpha value is -1.37. The fraction of sp³-hybridized carbons (Fsp3) is 0.462. The Morgan fingerprint density at radius 2 is 2.00 bits per heavy atom. The SMILES string of the molecule is CCC(CC(O)CN)c1ccc(C#N)cc1. The fourth-order valence-corrected chi connectivity index (χ4v) is 1.79. The Balaban J connectivity index is 2.75. The summed E-state index contributed by atoms with van der Waals surface area (Å²) in [5.74, 6) is 0.311. The molecular formula is C13H18N2O. The van der Waals surface area contributed by atoms with Crippen molar-refractivity contribution in [1.29, 1.82) is 5.26 Å². The van der Waals surface area contributed by atoms with E-state index in [9.17, 15) is 5.11 Å². The van der Waals surface area contributed by atoms with Crippen LogP contribution < -0.4 is 5.73 Å². The van der Waals surface area contributed by atoms with Gasteiger partial charge in [0.15, 0.2) is 0 Å². The summed E-state index contributed by atoms with van der Waals surface area (Å²) in [7, 11) is 0. The van der Waals surface area contributed by atoms with Gasteiger partial charge in [-0.1, -0.05) is 19.1 Å². The van der Waals surface area contributed by atoms with Crippen molar-refractivity contribution in [1.82, 2.24) is 0 Å². The van der Waals surface area contributed by atoms with Crippen LogP contribution in [0, 0.1) is 11.3 Å². The van der Waals surface area contributed by atoms with Gasteiger partial charge in [0.1, 0.15) is 0 Å². The quantitative estimate of drug-likeness (QED) is 0.791. The van der Waals surface area contributed by atoms with Crippen LogP contribution in [-0.2, 0) is 0 Å². The van der Waals surface area contributed by atoms with Crippen LogP contribution in [0.2, 0.25) is 0 Å². The first-order valence-corrected chi connectivity index (χ1v) is 5.59. The molecule has 0 saturated heterocycles. The number of hydrogen-bond donors (Lipinski definition) is 2. The van der Waals surface area contributed by atoms with Crippen LogP contribution in [0.1, 0.15) is 36.8 Å². The Morgan fingerprint density at radius 3 is 2.44 bits per heavy atom. The predicted octanol–water partition coefficient (Wildman–Crippen LogP) is 1.76. The summed E-state index contributed by atoms with van der Waals surface area (Å²) in [5, 5.41) is 18.2. The van der Waals surface area contributed by atoms with E-state index >= 15 is 0 Å². The number of nitrogens with zero attached hydrogens (tertiary/aromatic N) is 1. The van der Waals surface area contributed by atoms with E-state index in [0.29, 0.717) is 24.4 Å². The molecule has 0 amide bonds. The molecule has 0 aliphatic rings. The van der Waals surface area contributed by atoms with Gasteiger partial charge in [-0.15, -0.1) is 0 Å². The predicted molar refractivity (Wildman–Crippen MR) is 63.9 cm³/mol. The standard InChI is InChI=1S/C13H18N2O/c1-2-11(7-13(16)9-15)12-5-3-10(8-14)4-6-12/h3-6,11,13,16H,2,7,9,15H2,1H3. The molecule has 0 heterocycles. The number of aliphatic hydroxyl groups excluding tert-OH is 1. The third-order valence-corrected chi connectivity index (χ3v) is 2.83. The first-order valence-electron chi connectivity index (χ1n) is 5.59. The highest BCUT2D eigenvalue weighted by atomic mass is 16.3. The molecule has 1 aromatic carbocycles. The minimum Gasteiger partial charge on any atom is -0.392 e. The molecule has 1 rings (SSSR count). The Labute approximate surface area is 96.5 Å². The van der Waals surface area contributed by atoms with E-state index in [0.717, 1.165) is 12.0 Å². The van der Waals surface area contributed by atoms with Gasteiger partial charge in [0, 0.05) is 6.54 Å². The zero-order chi connectivity index (χ0) is 12.0.